The number of aliphatic hydroxyl groups is 3. The molecule has 4 aliphatic carbocycles. The van der Waals surface area contributed by atoms with Crippen LogP contribution in [0.1, 0.15) is 65.7 Å². The van der Waals surface area contributed by atoms with Gasteiger partial charge in [0.15, 0.2) is 0 Å². The van der Waals surface area contributed by atoms with Crippen molar-refractivity contribution in [2.24, 2.45) is 28.6 Å². The molecule has 4 heteroatoms. The minimum atomic E-state index is -0.979. The largest absolute Gasteiger partial charge is 0.393 e. The van der Waals surface area contributed by atoms with Crippen molar-refractivity contribution in [1.82, 2.24) is 0 Å². The third-order valence-electron chi connectivity index (χ3n) is 8.85. The Morgan fingerprint density at radius 2 is 1.88 bits per heavy atom. The molecule has 140 valence electrons. The zero-order chi connectivity index (χ0) is 18.2. The van der Waals surface area contributed by atoms with Crippen LogP contribution in [0.2, 0.25) is 0 Å². The van der Waals surface area contributed by atoms with Gasteiger partial charge in [-0.25, -0.2) is 0 Å². The second-order valence-electron chi connectivity index (χ2n) is 9.65. The Labute approximate surface area is 150 Å². The smallest absolute Gasteiger partial charge is 0.133 e. The molecule has 0 bridgehead atoms. The van der Waals surface area contributed by atoms with Gasteiger partial charge in [0.25, 0.3) is 0 Å². The van der Waals surface area contributed by atoms with Crippen LogP contribution in [0.4, 0.5) is 0 Å². The minimum Gasteiger partial charge on any atom is -0.393 e. The summed E-state index contributed by atoms with van der Waals surface area (Å²) in [6.45, 7) is 5.81. The first-order chi connectivity index (χ1) is 11.6. The maximum atomic E-state index is 12.2. The summed E-state index contributed by atoms with van der Waals surface area (Å²) in [4.78, 5) is 12.2. The van der Waals surface area contributed by atoms with E-state index in [1.54, 1.807) is 6.92 Å². The van der Waals surface area contributed by atoms with Crippen LogP contribution in [-0.2, 0) is 4.79 Å². The molecule has 4 aliphatic rings. The van der Waals surface area contributed by atoms with Gasteiger partial charge in [0, 0.05) is 11.3 Å². The van der Waals surface area contributed by atoms with Crippen LogP contribution >= 0.6 is 0 Å². The number of allylic oxidation sites excluding steroid dienone is 1. The number of rotatable bonds is 1. The highest BCUT2D eigenvalue weighted by Crippen LogP contribution is 2.67. The second kappa shape index (κ2) is 5.40. The number of hydrogen-bond donors (Lipinski definition) is 3. The van der Waals surface area contributed by atoms with Gasteiger partial charge in [-0.3, -0.25) is 4.79 Å². The zero-order valence-corrected chi connectivity index (χ0v) is 15.7. The van der Waals surface area contributed by atoms with Gasteiger partial charge >= 0.3 is 0 Å². The number of fused-ring (bicyclic) bond motifs is 5. The molecule has 0 spiro atoms. The monoisotopic (exact) mass is 348 g/mol. The summed E-state index contributed by atoms with van der Waals surface area (Å²) >= 11 is 0. The van der Waals surface area contributed by atoms with Gasteiger partial charge in [-0.05, 0) is 69.1 Å². The highest BCUT2D eigenvalue weighted by molar-refractivity contribution is 5.80. The summed E-state index contributed by atoms with van der Waals surface area (Å²) in [6.07, 6.45) is 6.49. The lowest BCUT2D eigenvalue weighted by atomic mass is 9.45. The first-order valence-corrected chi connectivity index (χ1v) is 9.93. The van der Waals surface area contributed by atoms with Crippen molar-refractivity contribution >= 4 is 5.78 Å². The van der Waals surface area contributed by atoms with Gasteiger partial charge in [-0.15, -0.1) is 0 Å². The van der Waals surface area contributed by atoms with Gasteiger partial charge in [0.05, 0.1) is 17.8 Å². The van der Waals surface area contributed by atoms with E-state index in [9.17, 15) is 20.1 Å². The summed E-state index contributed by atoms with van der Waals surface area (Å²) in [5.74, 6) is 0.155. The Kier molecular flexibility index (Phi) is 3.82. The molecule has 3 N–H and O–H groups in total. The van der Waals surface area contributed by atoms with Crippen molar-refractivity contribution in [3.8, 4) is 0 Å². The number of carbonyl (C=O) groups is 1. The minimum absolute atomic E-state index is 0.0471. The van der Waals surface area contributed by atoms with Crippen molar-refractivity contribution < 1.29 is 20.1 Å². The van der Waals surface area contributed by atoms with E-state index in [1.165, 1.54) is 5.57 Å². The Balaban J connectivity index is 1.77. The highest BCUT2D eigenvalue weighted by Gasteiger charge is 2.70. The van der Waals surface area contributed by atoms with Crippen LogP contribution in [0.5, 0.6) is 0 Å². The average Bonchev–Trinajstić information content (AvgIpc) is 2.83. The number of ketones is 1. The Morgan fingerprint density at radius 3 is 2.56 bits per heavy atom. The van der Waals surface area contributed by atoms with Crippen LogP contribution in [0.3, 0.4) is 0 Å². The topological polar surface area (TPSA) is 77.8 Å². The van der Waals surface area contributed by atoms with E-state index in [4.69, 9.17) is 0 Å². The van der Waals surface area contributed by atoms with E-state index in [0.717, 1.165) is 25.7 Å². The van der Waals surface area contributed by atoms with E-state index < -0.39 is 17.1 Å². The second-order valence-corrected chi connectivity index (χ2v) is 9.65. The molecule has 0 radical (unpaired) electrons. The molecular weight excluding hydrogens is 316 g/mol. The molecule has 0 heterocycles. The fourth-order valence-corrected chi connectivity index (χ4v) is 7.24. The van der Waals surface area contributed by atoms with E-state index in [-0.39, 0.29) is 35.1 Å². The van der Waals surface area contributed by atoms with E-state index in [1.807, 2.05) is 6.92 Å². The highest BCUT2D eigenvalue weighted by atomic mass is 16.3. The molecule has 0 amide bonds. The lowest BCUT2D eigenvalue weighted by Crippen LogP contribution is -2.66. The van der Waals surface area contributed by atoms with Crippen molar-refractivity contribution in [3.63, 3.8) is 0 Å². The number of Topliss-reactive ketones (excluding diaryl/α,β-unsaturated/α-hetero) is 1. The molecular formula is C21H32O4. The van der Waals surface area contributed by atoms with Crippen molar-refractivity contribution in [1.29, 1.82) is 0 Å². The summed E-state index contributed by atoms with van der Waals surface area (Å²) in [6, 6.07) is 0. The van der Waals surface area contributed by atoms with Crippen molar-refractivity contribution in [3.05, 3.63) is 11.6 Å². The molecule has 3 fully saturated rings. The van der Waals surface area contributed by atoms with E-state index in [0.29, 0.717) is 19.3 Å². The molecule has 3 saturated carbocycles. The number of aliphatic hydroxyl groups excluding tert-OH is 2. The van der Waals surface area contributed by atoms with E-state index >= 15 is 0 Å². The fourth-order valence-electron chi connectivity index (χ4n) is 7.24. The van der Waals surface area contributed by atoms with Crippen LogP contribution < -0.4 is 0 Å². The molecule has 2 unspecified atom stereocenters. The SMILES string of the molecule is CC(=O)[C@H]1CC[C@@]2(O)[C@@H]3CC=C4CC(O)CC[C@]4(C)[C@H]3CC(O)[C@]12C. The molecule has 4 nitrogen and oxygen atoms in total. The van der Waals surface area contributed by atoms with E-state index in [2.05, 4.69) is 13.0 Å². The average molecular weight is 348 g/mol. The van der Waals surface area contributed by atoms with Gasteiger partial charge in [-0.2, -0.15) is 0 Å². The molecule has 4 rings (SSSR count). The van der Waals surface area contributed by atoms with Gasteiger partial charge in [-0.1, -0.05) is 25.5 Å². The first kappa shape index (κ1) is 17.7. The lowest BCUT2D eigenvalue weighted by molar-refractivity contribution is -0.224. The molecule has 25 heavy (non-hydrogen) atoms. The van der Waals surface area contributed by atoms with Crippen LogP contribution in [-0.4, -0.2) is 38.9 Å². The number of carbonyl (C=O) groups excluding carboxylic acids is 1. The summed E-state index contributed by atoms with van der Waals surface area (Å²) in [5, 5.41) is 33.0. The molecule has 0 aromatic rings. The zero-order valence-electron chi connectivity index (χ0n) is 15.7. The standard InChI is InChI=1S/C21H32O4/c1-12(22)15-7-9-21(25)16-5-4-13-10-14(23)6-8-19(13,2)17(16)11-18(24)20(15,21)3/h4,14-18,23-25H,5-11H2,1-3H3/t14?,15-,16-,17+,18?,19+,20+,21-/m1/s1. The predicted octanol–water partition coefficient (Wildman–Crippen LogP) is 2.60. The van der Waals surface area contributed by atoms with Gasteiger partial charge in [0.2, 0.25) is 0 Å². The molecule has 0 aromatic heterocycles. The fraction of sp³-hybridized carbons (Fsp3) is 0.857. The van der Waals surface area contributed by atoms with Crippen molar-refractivity contribution in [2.45, 2.75) is 83.5 Å². The third kappa shape index (κ3) is 2.08. The maximum absolute atomic E-state index is 12.2. The summed E-state index contributed by atoms with van der Waals surface area (Å²) < 4.78 is 0. The molecule has 8 atom stereocenters. The van der Waals surface area contributed by atoms with Crippen LogP contribution in [0.25, 0.3) is 0 Å². The summed E-state index contributed by atoms with van der Waals surface area (Å²) in [5.41, 5.74) is -0.454. The van der Waals surface area contributed by atoms with Crippen molar-refractivity contribution in [2.75, 3.05) is 0 Å². The number of hydrogen-bond acceptors (Lipinski definition) is 4. The molecule has 0 aromatic carbocycles. The third-order valence-corrected chi connectivity index (χ3v) is 8.85. The maximum Gasteiger partial charge on any atom is 0.133 e. The first-order valence-electron chi connectivity index (χ1n) is 9.93. The summed E-state index contributed by atoms with van der Waals surface area (Å²) in [7, 11) is 0. The quantitative estimate of drug-likeness (QED) is 0.637. The van der Waals surface area contributed by atoms with Gasteiger partial charge < -0.3 is 15.3 Å². The van der Waals surface area contributed by atoms with Crippen LogP contribution in [0.15, 0.2) is 11.6 Å². The normalized spacial score (nSPS) is 55.0. The lowest BCUT2D eigenvalue weighted by Gasteiger charge is -2.62. The van der Waals surface area contributed by atoms with Crippen LogP contribution in [0, 0.1) is 28.6 Å². The Hall–Kier alpha value is -0.710. The Morgan fingerprint density at radius 1 is 1.16 bits per heavy atom. The Bertz CT molecular complexity index is 627. The predicted molar refractivity (Wildman–Crippen MR) is 94.7 cm³/mol. The molecule has 0 saturated heterocycles. The van der Waals surface area contributed by atoms with Gasteiger partial charge in [0.1, 0.15) is 5.78 Å². The molecule has 0 aliphatic heterocycles.